The van der Waals surface area contributed by atoms with Gasteiger partial charge < -0.3 is 15.3 Å². The van der Waals surface area contributed by atoms with Gasteiger partial charge in [-0.3, -0.25) is 5.41 Å². The van der Waals surface area contributed by atoms with Crippen molar-refractivity contribution in [1.29, 1.82) is 5.41 Å². The van der Waals surface area contributed by atoms with Crippen LogP contribution in [0.4, 0.5) is 0 Å². The van der Waals surface area contributed by atoms with Gasteiger partial charge in [0.2, 0.25) is 0 Å². The van der Waals surface area contributed by atoms with Crippen LogP contribution in [0, 0.1) is 11.3 Å². The molecule has 1 unspecified atom stereocenters. The van der Waals surface area contributed by atoms with Gasteiger partial charge in [-0.05, 0) is 12.3 Å². The third-order valence-electron chi connectivity index (χ3n) is 1.99. The van der Waals surface area contributed by atoms with E-state index in [-0.39, 0.29) is 6.73 Å². The maximum absolute atomic E-state index is 8.48. The molecule has 1 atom stereocenters. The second-order valence-corrected chi connectivity index (χ2v) is 3.02. The van der Waals surface area contributed by atoms with Gasteiger partial charge in [0, 0.05) is 13.1 Å². The fourth-order valence-electron chi connectivity index (χ4n) is 1.32. The summed E-state index contributed by atoms with van der Waals surface area (Å²) in [6.07, 6.45) is 1.15. The summed E-state index contributed by atoms with van der Waals surface area (Å²) in [5.74, 6) is 1.02. The van der Waals surface area contributed by atoms with Crippen LogP contribution in [0.2, 0.25) is 0 Å². The molecule has 0 saturated carbocycles. The maximum Gasteiger partial charge on any atom is 0.192 e. The van der Waals surface area contributed by atoms with Gasteiger partial charge in [-0.25, -0.2) is 0 Å². The Morgan fingerprint density at radius 2 is 2.55 bits per heavy atom. The highest BCUT2D eigenvalue weighted by Gasteiger charge is 2.20. The van der Waals surface area contributed by atoms with E-state index in [1.54, 1.807) is 0 Å². The van der Waals surface area contributed by atoms with E-state index in [2.05, 4.69) is 12.2 Å². The second kappa shape index (κ2) is 3.57. The molecule has 4 nitrogen and oxygen atoms in total. The SMILES string of the molecule is CC1CCN(C(=N)NCO)C1. The standard InChI is InChI=1S/C7H15N3O/c1-6-2-3-10(4-6)7(8)9-5-11/h6,11H,2-5H2,1H3,(H2,8,9). The lowest BCUT2D eigenvalue weighted by Crippen LogP contribution is -2.39. The van der Waals surface area contributed by atoms with E-state index in [0.29, 0.717) is 11.9 Å². The summed E-state index contributed by atoms with van der Waals surface area (Å²) < 4.78 is 0. The van der Waals surface area contributed by atoms with Gasteiger partial charge >= 0.3 is 0 Å². The van der Waals surface area contributed by atoms with Crippen LogP contribution in [-0.2, 0) is 0 Å². The highest BCUT2D eigenvalue weighted by Crippen LogP contribution is 2.13. The maximum atomic E-state index is 8.48. The summed E-state index contributed by atoms with van der Waals surface area (Å²) in [6.45, 7) is 3.90. The molecule has 0 aromatic rings. The van der Waals surface area contributed by atoms with Gasteiger partial charge in [-0.1, -0.05) is 6.92 Å². The fourth-order valence-corrected chi connectivity index (χ4v) is 1.32. The molecule has 1 aliphatic heterocycles. The number of guanidine groups is 1. The molecule has 1 saturated heterocycles. The first-order valence-electron chi connectivity index (χ1n) is 3.92. The molecular formula is C7H15N3O. The van der Waals surface area contributed by atoms with Crippen LogP contribution in [0.5, 0.6) is 0 Å². The molecule has 4 heteroatoms. The summed E-state index contributed by atoms with van der Waals surface area (Å²) in [6, 6.07) is 0. The predicted octanol–water partition coefficient (Wildman–Crippen LogP) is -0.198. The van der Waals surface area contributed by atoms with Crippen LogP contribution in [-0.4, -0.2) is 35.8 Å². The van der Waals surface area contributed by atoms with Crippen LogP contribution < -0.4 is 5.32 Å². The number of nitrogens with zero attached hydrogens (tertiary/aromatic N) is 1. The lowest BCUT2D eigenvalue weighted by Gasteiger charge is -2.18. The van der Waals surface area contributed by atoms with Gasteiger partial charge in [-0.15, -0.1) is 0 Å². The molecule has 0 amide bonds. The zero-order chi connectivity index (χ0) is 8.27. The summed E-state index contributed by atoms with van der Waals surface area (Å²) in [7, 11) is 0. The fraction of sp³-hybridized carbons (Fsp3) is 0.857. The monoisotopic (exact) mass is 157 g/mol. The number of likely N-dealkylation sites (tertiary alicyclic amines) is 1. The van der Waals surface area contributed by atoms with Crippen molar-refractivity contribution >= 4 is 5.96 Å². The Morgan fingerprint density at radius 1 is 1.82 bits per heavy atom. The van der Waals surface area contributed by atoms with Crippen LogP contribution in [0.25, 0.3) is 0 Å². The lowest BCUT2D eigenvalue weighted by atomic mass is 10.2. The van der Waals surface area contributed by atoms with E-state index in [1.165, 1.54) is 0 Å². The Balaban J connectivity index is 2.31. The Morgan fingerprint density at radius 3 is 3.00 bits per heavy atom. The van der Waals surface area contributed by atoms with Crippen molar-refractivity contribution in [3.05, 3.63) is 0 Å². The van der Waals surface area contributed by atoms with E-state index >= 15 is 0 Å². The zero-order valence-electron chi connectivity index (χ0n) is 6.80. The highest BCUT2D eigenvalue weighted by molar-refractivity contribution is 5.76. The molecular weight excluding hydrogens is 142 g/mol. The van der Waals surface area contributed by atoms with Crippen LogP contribution in [0.1, 0.15) is 13.3 Å². The number of aliphatic hydroxyl groups is 1. The molecule has 1 rings (SSSR count). The van der Waals surface area contributed by atoms with Crippen LogP contribution in [0.15, 0.2) is 0 Å². The minimum absolute atomic E-state index is 0.149. The van der Waals surface area contributed by atoms with E-state index < -0.39 is 0 Å². The largest absolute Gasteiger partial charge is 0.376 e. The van der Waals surface area contributed by atoms with E-state index in [4.69, 9.17) is 10.5 Å². The van der Waals surface area contributed by atoms with Crippen molar-refractivity contribution < 1.29 is 5.11 Å². The Bertz CT molecular complexity index is 149. The molecule has 1 heterocycles. The highest BCUT2D eigenvalue weighted by atomic mass is 16.3. The minimum atomic E-state index is -0.149. The number of nitrogens with one attached hydrogen (secondary N) is 2. The first-order chi connectivity index (χ1) is 5.24. The van der Waals surface area contributed by atoms with Gasteiger partial charge in [0.05, 0.1) is 0 Å². The molecule has 0 radical (unpaired) electrons. The normalized spacial score (nSPS) is 23.8. The van der Waals surface area contributed by atoms with Crippen molar-refractivity contribution in [1.82, 2.24) is 10.2 Å². The molecule has 1 aliphatic rings. The van der Waals surface area contributed by atoms with Gasteiger partial charge in [0.25, 0.3) is 0 Å². The third-order valence-corrected chi connectivity index (χ3v) is 1.99. The summed E-state index contributed by atoms with van der Waals surface area (Å²) in [5, 5.41) is 18.5. The van der Waals surface area contributed by atoms with Crippen LogP contribution >= 0.6 is 0 Å². The molecule has 0 spiro atoms. The molecule has 11 heavy (non-hydrogen) atoms. The molecule has 0 aliphatic carbocycles. The first kappa shape index (κ1) is 8.33. The molecule has 0 aromatic carbocycles. The van der Waals surface area contributed by atoms with Gasteiger partial charge in [-0.2, -0.15) is 0 Å². The topological polar surface area (TPSA) is 59.4 Å². The van der Waals surface area contributed by atoms with E-state index in [1.807, 2.05) is 4.90 Å². The van der Waals surface area contributed by atoms with Crippen molar-refractivity contribution in [2.75, 3.05) is 19.8 Å². The van der Waals surface area contributed by atoms with Crippen molar-refractivity contribution in [3.8, 4) is 0 Å². The molecule has 1 fully saturated rings. The Kier molecular flexibility index (Phi) is 2.70. The molecule has 0 bridgehead atoms. The number of rotatable bonds is 1. The van der Waals surface area contributed by atoms with Gasteiger partial charge in [0.15, 0.2) is 5.96 Å². The smallest absolute Gasteiger partial charge is 0.192 e. The minimum Gasteiger partial charge on any atom is -0.376 e. The molecule has 3 N–H and O–H groups in total. The van der Waals surface area contributed by atoms with Crippen molar-refractivity contribution in [2.45, 2.75) is 13.3 Å². The molecule has 64 valence electrons. The average Bonchev–Trinajstić information content (AvgIpc) is 2.36. The number of aliphatic hydroxyl groups excluding tert-OH is 1. The average molecular weight is 157 g/mol. The van der Waals surface area contributed by atoms with Crippen molar-refractivity contribution in [3.63, 3.8) is 0 Å². The summed E-state index contributed by atoms with van der Waals surface area (Å²) in [5.41, 5.74) is 0. The van der Waals surface area contributed by atoms with E-state index in [0.717, 1.165) is 19.5 Å². The van der Waals surface area contributed by atoms with Gasteiger partial charge in [0.1, 0.15) is 6.73 Å². The number of hydrogen-bond acceptors (Lipinski definition) is 2. The lowest BCUT2D eigenvalue weighted by molar-refractivity contribution is 0.277. The van der Waals surface area contributed by atoms with Crippen LogP contribution in [0.3, 0.4) is 0 Å². The Hall–Kier alpha value is -0.770. The summed E-state index contributed by atoms with van der Waals surface area (Å²) >= 11 is 0. The predicted molar refractivity (Wildman–Crippen MR) is 43.3 cm³/mol. The third kappa shape index (κ3) is 2.08. The quantitative estimate of drug-likeness (QED) is 0.281. The number of hydrogen-bond donors (Lipinski definition) is 3. The Labute approximate surface area is 66.7 Å². The van der Waals surface area contributed by atoms with Crippen molar-refractivity contribution in [2.24, 2.45) is 5.92 Å². The molecule has 0 aromatic heterocycles. The second-order valence-electron chi connectivity index (χ2n) is 3.02. The first-order valence-corrected chi connectivity index (χ1v) is 3.92. The van der Waals surface area contributed by atoms with E-state index in [9.17, 15) is 0 Å². The summed E-state index contributed by atoms with van der Waals surface area (Å²) in [4.78, 5) is 1.95. The zero-order valence-corrected chi connectivity index (χ0v) is 6.80.